The number of nitrogens with zero attached hydrogens (tertiary/aromatic N) is 2. The number of hydrogen-bond donors (Lipinski definition) is 1. The molecule has 0 spiro atoms. The van der Waals surface area contributed by atoms with Crippen molar-refractivity contribution in [1.29, 1.82) is 0 Å². The zero-order valence-corrected chi connectivity index (χ0v) is 11.1. The lowest BCUT2D eigenvalue weighted by atomic mass is 10.2. The van der Waals surface area contributed by atoms with E-state index in [4.69, 9.17) is 0 Å². The van der Waals surface area contributed by atoms with E-state index in [1.807, 2.05) is 6.92 Å². The first-order valence-corrected chi connectivity index (χ1v) is 6.66. The van der Waals surface area contributed by atoms with Gasteiger partial charge < -0.3 is 5.32 Å². The molecule has 1 atom stereocenters. The maximum atomic E-state index is 11.0. The van der Waals surface area contributed by atoms with Gasteiger partial charge in [-0.1, -0.05) is 6.92 Å². The van der Waals surface area contributed by atoms with E-state index in [9.17, 15) is 10.1 Å². The van der Waals surface area contributed by atoms with Crippen LogP contribution in [0.1, 0.15) is 19.4 Å². The summed E-state index contributed by atoms with van der Waals surface area (Å²) < 4.78 is 0. The third kappa shape index (κ3) is 3.89. The summed E-state index contributed by atoms with van der Waals surface area (Å²) in [6.07, 6.45) is 1.59. The topological polar surface area (TPSA) is 68.1 Å². The first kappa shape index (κ1) is 13.8. The van der Waals surface area contributed by atoms with Gasteiger partial charge in [-0.05, 0) is 25.7 Å². The Morgan fingerprint density at radius 2 is 2.35 bits per heavy atom. The van der Waals surface area contributed by atoms with E-state index in [-0.39, 0.29) is 16.7 Å². The van der Waals surface area contributed by atoms with Gasteiger partial charge in [0.25, 0.3) is 0 Å². The maximum absolute atomic E-state index is 11.0. The second kappa shape index (κ2) is 6.44. The Morgan fingerprint density at radius 3 is 2.94 bits per heavy atom. The Bertz CT molecular complexity index is 398. The molecular formula is C11H17N3O2S. The normalized spacial score (nSPS) is 12.2. The number of aromatic nitrogens is 1. The number of anilines is 1. The molecule has 17 heavy (non-hydrogen) atoms. The Hall–Kier alpha value is -1.30. The van der Waals surface area contributed by atoms with Crippen molar-refractivity contribution in [2.24, 2.45) is 0 Å². The molecule has 0 saturated heterocycles. The molecule has 0 fully saturated rings. The fourth-order valence-electron chi connectivity index (χ4n) is 1.46. The molecule has 0 aliphatic heterocycles. The summed E-state index contributed by atoms with van der Waals surface area (Å²) in [7, 11) is 0. The van der Waals surface area contributed by atoms with E-state index >= 15 is 0 Å². The minimum absolute atomic E-state index is 0.0702. The molecule has 1 unspecified atom stereocenters. The van der Waals surface area contributed by atoms with Crippen LogP contribution in [-0.4, -0.2) is 27.5 Å². The summed E-state index contributed by atoms with van der Waals surface area (Å²) in [5, 5.41) is 14.1. The van der Waals surface area contributed by atoms with Gasteiger partial charge in [0.05, 0.1) is 4.92 Å². The van der Waals surface area contributed by atoms with Gasteiger partial charge in [0.1, 0.15) is 0 Å². The van der Waals surface area contributed by atoms with Crippen molar-refractivity contribution < 1.29 is 4.92 Å². The van der Waals surface area contributed by atoms with Crippen LogP contribution in [0.4, 0.5) is 11.5 Å². The Balaban J connectivity index is 2.83. The molecule has 0 aromatic carbocycles. The van der Waals surface area contributed by atoms with Crippen LogP contribution >= 0.6 is 11.8 Å². The first-order chi connectivity index (χ1) is 8.06. The van der Waals surface area contributed by atoms with Crippen molar-refractivity contribution in [2.45, 2.75) is 26.8 Å². The number of thioether (sulfide) groups is 1. The predicted molar refractivity (Wildman–Crippen MR) is 71.7 cm³/mol. The van der Waals surface area contributed by atoms with Gasteiger partial charge in [-0.3, -0.25) is 10.1 Å². The lowest BCUT2D eigenvalue weighted by Crippen LogP contribution is -2.20. The molecule has 0 saturated carbocycles. The van der Waals surface area contributed by atoms with Crippen molar-refractivity contribution in [1.82, 2.24) is 4.98 Å². The predicted octanol–water partition coefficient (Wildman–Crippen LogP) is 2.85. The highest BCUT2D eigenvalue weighted by molar-refractivity contribution is 7.99. The number of aryl methyl sites for hydroxylation is 1. The smallest absolute Gasteiger partial charge is 0.314 e. The summed E-state index contributed by atoms with van der Waals surface area (Å²) in [6, 6.07) is 1.81. The summed E-state index contributed by atoms with van der Waals surface area (Å²) in [6.45, 7) is 5.80. The molecule has 0 amide bonds. The Labute approximate surface area is 105 Å². The number of rotatable bonds is 6. The number of hydrogen-bond acceptors (Lipinski definition) is 5. The van der Waals surface area contributed by atoms with E-state index in [0.29, 0.717) is 11.4 Å². The van der Waals surface area contributed by atoms with E-state index in [0.717, 1.165) is 11.5 Å². The summed E-state index contributed by atoms with van der Waals surface area (Å²) in [4.78, 5) is 14.6. The largest absolute Gasteiger partial charge is 0.361 e. The number of pyridine rings is 1. The van der Waals surface area contributed by atoms with Crippen molar-refractivity contribution in [3.05, 3.63) is 27.9 Å². The van der Waals surface area contributed by atoms with Crippen LogP contribution in [0.5, 0.6) is 0 Å². The van der Waals surface area contributed by atoms with Crippen molar-refractivity contribution in [3.63, 3.8) is 0 Å². The van der Waals surface area contributed by atoms with Gasteiger partial charge >= 0.3 is 5.69 Å². The molecule has 5 nitrogen and oxygen atoms in total. The average Bonchev–Trinajstić information content (AvgIpc) is 2.25. The molecule has 0 bridgehead atoms. The lowest BCUT2D eigenvalue weighted by molar-refractivity contribution is -0.384. The van der Waals surface area contributed by atoms with E-state index in [1.54, 1.807) is 30.9 Å². The van der Waals surface area contributed by atoms with Crippen molar-refractivity contribution in [2.75, 3.05) is 16.8 Å². The van der Waals surface area contributed by atoms with Crippen molar-refractivity contribution in [3.8, 4) is 0 Å². The molecule has 1 aromatic heterocycles. The summed E-state index contributed by atoms with van der Waals surface area (Å²) in [5.41, 5.74) is 0.698. The quantitative estimate of drug-likeness (QED) is 0.625. The summed E-state index contributed by atoms with van der Waals surface area (Å²) >= 11 is 1.79. The summed E-state index contributed by atoms with van der Waals surface area (Å²) in [5.74, 6) is 2.30. The van der Waals surface area contributed by atoms with E-state index in [2.05, 4.69) is 17.2 Å². The lowest BCUT2D eigenvalue weighted by Gasteiger charge is -2.14. The second-order valence-electron chi connectivity index (χ2n) is 3.79. The average molecular weight is 255 g/mol. The van der Waals surface area contributed by atoms with Gasteiger partial charge in [0.2, 0.25) is 5.82 Å². The maximum Gasteiger partial charge on any atom is 0.314 e. The molecule has 94 valence electrons. The van der Waals surface area contributed by atoms with Crippen LogP contribution in [0.2, 0.25) is 0 Å². The zero-order chi connectivity index (χ0) is 12.8. The Kier molecular flexibility index (Phi) is 5.21. The first-order valence-electron chi connectivity index (χ1n) is 5.50. The van der Waals surface area contributed by atoms with Crippen LogP contribution in [0.25, 0.3) is 0 Å². The SMILES string of the molecule is CCSCC(C)Nc1nccc(C)c1[N+](=O)[O-]. The Morgan fingerprint density at radius 1 is 1.65 bits per heavy atom. The van der Waals surface area contributed by atoms with Crippen molar-refractivity contribution >= 4 is 23.3 Å². The fraction of sp³-hybridized carbons (Fsp3) is 0.545. The van der Waals surface area contributed by atoms with Crippen LogP contribution in [0.15, 0.2) is 12.3 Å². The van der Waals surface area contributed by atoms with Crippen LogP contribution < -0.4 is 5.32 Å². The van der Waals surface area contributed by atoms with E-state index in [1.165, 1.54) is 0 Å². The van der Waals surface area contributed by atoms with Gasteiger partial charge in [-0.15, -0.1) is 0 Å². The molecule has 1 heterocycles. The third-order valence-electron chi connectivity index (χ3n) is 2.26. The zero-order valence-electron chi connectivity index (χ0n) is 10.3. The van der Waals surface area contributed by atoms with Gasteiger partial charge in [0, 0.05) is 23.6 Å². The van der Waals surface area contributed by atoms with Gasteiger partial charge in [-0.25, -0.2) is 4.98 Å². The highest BCUT2D eigenvalue weighted by Gasteiger charge is 2.19. The second-order valence-corrected chi connectivity index (χ2v) is 5.11. The fourth-order valence-corrected chi connectivity index (χ4v) is 2.13. The van der Waals surface area contributed by atoms with E-state index < -0.39 is 0 Å². The molecule has 1 aromatic rings. The minimum atomic E-state index is -0.385. The van der Waals surface area contributed by atoms with Crippen LogP contribution in [-0.2, 0) is 0 Å². The standard InChI is InChI=1S/C11H17N3O2S/c1-4-17-7-9(3)13-11-10(14(15)16)8(2)5-6-12-11/h5-6,9H,4,7H2,1-3H3,(H,12,13). The molecule has 0 aliphatic rings. The molecular weight excluding hydrogens is 238 g/mol. The highest BCUT2D eigenvalue weighted by Crippen LogP contribution is 2.26. The molecule has 0 aliphatic carbocycles. The molecule has 1 rings (SSSR count). The number of nitro groups is 1. The third-order valence-corrected chi connectivity index (χ3v) is 3.41. The molecule has 0 radical (unpaired) electrons. The van der Waals surface area contributed by atoms with Gasteiger partial charge in [-0.2, -0.15) is 11.8 Å². The monoisotopic (exact) mass is 255 g/mol. The molecule has 1 N–H and O–H groups in total. The van der Waals surface area contributed by atoms with Crippen LogP contribution in [0, 0.1) is 17.0 Å². The van der Waals surface area contributed by atoms with Gasteiger partial charge in [0.15, 0.2) is 0 Å². The van der Waals surface area contributed by atoms with Crippen LogP contribution in [0.3, 0.4) is 0 Å². The highest BCUT2D eigenvalue weighted by atomic mass is 32.2. The minimum Gasteiger partial charge on any atom is -0.361 e. The number of nitrogens with one attached hydrogen (secondary N) is 1. The molecule has 6 heteroatoms.